The second kappa shape index (κ2) is 8.83. The summed E-state index contributed by atoms with van der Waals surface area (Å²) in [5.41, 5.74) is 3.75. The lowest BCUT2D eigenvalue weighted by Crippen LogP contribution is -2.62. The van der Waals surface area contributed by atoms with E-state index in [1.165, 1.54) is 17.0 Å². The van der Waals surface area contributed by atoms with Crippen molar-refractivity contribution in [1.82, 2.24) is 15.2 Å². The van der Waals surface area contributed by atoms with Crippen LogP contribution in [0.1, 0.15) is 28.2 Å². The van der Waals surface area contributed by atoms with Crippen molar-refractivity contribution >= 4 is 28.8 Å². The molecule has 1 aromatic carbocycles. The fourth-order valence-electron chi connectivity index (χ4n) is 5.34. The molecule has 2 aromatic rings. The molecule has 5 rings (SSSR count). The van der Waals surface area contributed by atoms with Crippen LogP contribution in [0.3, 0.4) is 0 Å². The van der Waals surface area contributed by atoms with Crippen LogP contribution in [0.2, 0.25) is 0 Å². The number of carbonyl (C=O) groups is 2. The summed E-state index contributed by atoms with van der Waals surface area (Å²) in [7, 11) is 0. The highest BCUT2D eigenvalue weighted by Gasteiger charge is 2.55. The molecule has 0 saturated carbocycles. The van der Waals surface area contributed by atoms with Crippen molar-refractivity contribution in [3.8, 4) is 0 Å². The molecule has 2 amide bonds. The summed E-state index contributed by atoms with van der Waals surface area (Å²) in [4.78, 5) is 35.3. The van der Waals surface area contributed by atoms with Gasteiger partial charge in [0, 0.05) is 68.9 Å². The number of hydrogen-bond acceptors (Lipinski definition) is 6. The summed E-state index contributed by atoms with van der Waals surface area (Å²) in [5, 5.41) is 3.22. The topological polar surface area (TPSA) is 74.8 Å². The first-order valence-corrected chi connectivity index (χ1v) is 12.3. The molecule has 8 heteroatoms. The summed E-state index contributed by atoms with van der Waals surface area (Å²) in [6.07, 6.45) is 1.58. The standard InChI is InChI=1S/C24H30N4O3S/c1-17-21(32-16-26-17)23(30)27-12-19(11-25-22(29)18-7-9-31-10-8-18)24(13-27)14-28(15-24)20-5-3-2-4-6-20/h2-6,16,18-19H,7-15H2,1H3,(H,25,29). The Morgan fingerprint density at radius 2 is 1.94 bits per heavy atom. The Kier molecular flexibility index (Phi) is 5.90. The smallest absolute Gasteiger partial charge is 0.265 e. The van der Waals surface area contributed by atoms with E-state index in [4.69, 9.17) is 4.74 Å². The van der Waals surface area contributed by atoms with Gasteiger partial charge < -0.3 is 19.9 Å². The molecular formula is C24H30N4O3S. The van der Waals surface area contributed by atoms with Gasteiger partial charge in [-0.25, -0.2) is 4.98 Å². The number of amides is 2. The van der Waals surface area contributed by atoms with Crippen molar-refractivity contribution in [3.05, 3.63) is 46.4 Å². The van der Waals surface area contributed by atoms with Gasteiger partial charge in [-0.3, -0.25) is 9.59 Å². The van der Waals surface area contributed by atoms with Gasteiger partial charge in [-0.05, 0) is 31.9 Å². The fourth-order valence-corrected chi connectivity index (χ4v) is 6.11. The molecule has 32 heavy (non-hydrogen) atoms. The Morgan fingerprint density at radius 1 is 1.19 bits per heavy atom. The third-order valence-corrected chi connectivity index (χ3v) is 8.20. The molecule has 3 aliphatic rings. The van der Waals surface area contributed by atoms with Crippen LogP contribution in [-0.2, 0) is 9.53 Å². The van der Waals surface area contributed by atoms with E-state index in [9.17, 15) is 9.59 Å². The minimum Gasteiger partial charge on any atom is -0.381 e. The Labute approximate surface area is 192 Å². The number of para-hydroxylation sites is 1. The van der Waals surface area contributed by atoms with Gasteiger partial charge in [0.25, 0.3) is 5.91 Å². The van der Waals surface area contributed by atoms with Crippen LogP contribution in [-0.4, -0.2) is 67.6 Å². The Hall–Kier alpha value is -2.45. The number of thiazole rings is 1. The maximum Gasteiger partial charge on any atom is 0.265 e. The molecule has 3 saturated heterocycles. The number of benzene rings is 1. The van der Waals surface area contributed by atoms with Gasteiger partial charge in [-0.1, -0.05) is 18.2 Å². The van der Waals surface area contributed by atoms with E-state index in [0.717, 1.165) is 43.0 Å². The second-order valence-corrected chi connectivity index (χ2v) is 10.2. The zero-order valence-corrected chi connectivity index (χ0v) is 19.3. The Bertz CT molecular complexity index is 967. The highest BCUT2D eigenvalue weighted by atomic mass is 32.1. The molecule has 1 unspecified atom stereocenters. The quantitative estimate of drug-likeness (QED) is 0.752. The highest BCUT2D eigenvalue weighted by molar-refractivity contribution is 7.11. The Balaban J connectivity index is 1.29. The van der Waals surface area contributed by atoms with Gasteiger partial charge in [0.15, 0.2) is 0 Å². The molecule has 3 aliphatic heterocycles. The number of aryl methyl sites for hydroxylation is 1. The predicted octanol–water partition coefficient (Wildman–Crippen LogP) is 2.57. The first kappa shape index (κ1) is 21.4. The number of rotatable bonds is 5. The third-order valence-electron chi connectivity index (χ3n) is 7.29. The average molecular weight is 455 g/mol. The molecule has 4 heterocycles. The first-order chi connectivity index (χ1) is 15.6. The number of nitrogens with one attached hydrogen (secondary N) is 1. The van der Waals surface area contributed by atoms with Crippen LogP contribution in [0.15, 0.2) is 35.8 Å². The number of anilines is 1. The molecule has 3 fully saturated rings. The number of carbonyl (C=O) groups excluding carboxylic acids is 2. The Morgan fingerprint density at radius 3 is 2.62 bits per heavy atom. The van der Waals surface area contributed by atoms with E-state index in [-0.39, 0.29) is 29.1 Å². The van der Waals surface area contributed by atoms with Crippen LogP contribution in [0.25, 0.3) is 0 Å². The molecular weight excluding hydrogens is 424 g/mol. The zero-order valence-electron chi connectivity index (χ0n) is 18.5. The normalized spacial score (nSPS) is 22.7. The van der Waals surface area contributed by atoms with Crippen LogP contribution in [0.5, 0.6) is 0 Å². The summed E-state index contributed by atoms with van der Waals surface area (Å²) in [6, 6.07) is 10.4. The lowest BCUT2D eigenvalue weighted by Gasteiger charge is -2.52. The highest BCUT2D eigenvalue weighted by Crippen LogP contribution is 2.46. The van der Waals surface area contributed by atoms with E-state index in [1.807, 2.05) is 17.9 Å². The van der Waals surface area contributed by atoms with E-state index >= 15 is 0 Å². The lowest BCUT2D eigenvalue weighted by atomic mass is 9.71. The summed E-state index contributed by atoms with van der Waals surface area (Å²) < 4.78 is 5.39. The van der Waals surface area contributed by atoms with Gasteiger partial charge >= 0.3 is 0 Å². The van der Waals surface area contributed by atoms with Crippen molar-refractivity contribution < 1.29 is 14.3 Å². The molecule has 170 valence electrons. The largest absolute Gasteiger partial charge is 0.381 e. The van der Waals surface area contributed by atoms with Gasteiger partial charge in [-0.2, -0.15) is 0 Å². The van der Waals surface area contributed by atoms with Gasteiger partial charge in [-0.15, -0.1) is 11.3 Å². The SMILES string of the molecule is Cc1ncsc1C(=O)N1CC(CNC(=O)C2CCOCC2)C2(C1)CN(c1ccccc1)C2. The average Bonchev–Trinajstić information content (AvgIpc) is 3.41. The van der Waals surface area contributed by atoms with Crippen LogP contribution < -0.4 is 10.2 Å². The third kappa shape index (κ3) is 4.01. The second-order valence-electron chi connectivity index (χ2n) is 9.34. The van der Waals surface area contributed by atoms with E-state index in [1.54, 1.807) is 5.51 Å². The van der Waals surface area contributed by atoms with Crippen LogP contribution in [0, 0.1) is 24.2 Å². The number of likely N-dealkylation sites (tertiary alicyclic amines) is 1. The number of nitrogens with zero attached hydrogens (tertiary/aromatic N) is 3. The fraction of sp³-hybridized carbons (Fsp3) is 0.542. The maximum absolute atomic E-state index is 13.2. The molecule has 0 aliphatic carbocycles. The minimum absolute atomic E-state index is 0.00699. The molecule has 0 radical (unpaired) electrons. The zero-order chi connectivity index (χ0) is 22.1. The molecule has 0 bridgehead atoms. The van der Waals surface area contributed by atoms with Crippen LogP contribution in [0.4, 0.5) is 5.69 Å². The minimum atomic E-state index is 0.00699. The summed E-state index contributed by atoms with van der Waals surface area (Å²) in [6.45, 7) is 7.03. The van der Waals surface area contributed by atoms with Crippen molar-refractivity contribution in [3.63, 3.8) is 0 Å². The summed E-state index contributed by atoms with van der Waals surface area (Å²) in [5.74, 6) is 0.482. The molecule has 7 nitrogen and oxygen atoms in total. The molecule has 1 aromatic heterocycles. The maximum atomic E-state index is 13.2. The molecule has 1 spiro atoms. The monoisotopic (exact) mass is 454 g/mol. The van der Waals surface area contributed by atoms with Crippen molar-refractivity contribution in [2.75, 3.05) is 50.8 Å². The van der Waals surface area contributed by atoms with Crippen LogP contribution >= 0.6 is 11.3 Å². The number of ether oxygens (including phenoxy) is 1. The van der Waals surface area contributed by atoms with E-state index in [0.29, 0.717) is 26.3 Å². The van der Waals surface area contributed by atoms with E-state index in [2.05, 4.69) is 39.5 Å². The van der Waals surface area contributed by atoms with Crippen molar-refractivity contribution in [2.45, 2.75) is 19.8 Å². The van der Waals surface area contributed by atoms with Gasteiger partial charge in [0.2, 0.25) is 5.91 Å². The molecule has 1 atom stereocenters. The first-order valence-electron chi connectivity index (χ1n) is 11.4. The van der Waals surface area contributed by atoms with Gasteiger partial charge in [0.1, 0.15) is 4.88 Å². The number of aromatic nitrogens is 1. The van der Waals surface area contributed by atoms with Crippen molar-refractivity contribution in [1.29, 1.82) is 0 Å². The predicted molar refractivity (Wildman–Crippen MR) is 124 cm³/mol. The van der Waals surface area contributed by atoms with Gasteiger partial charge in [0.05, 0.1) is 11.2 Å². The van der Waals surface area contributed by atoms with Crippen molar-refractivity contribution in [2.24, 2.45) is 17.3 Å². The van der Waals surface area contributed by atoms with E-state index < -0.39 is 0 Å². The lowest BCUT2D eigenvalue weighted by molar-refractivity contribution is -0.128. The number of hydrogen-bond donors (Lipinski definition) is 1. The summed E-state index contributed by atoms with van der Waals surface area (Å²) >= 11 is 1.41. The molecule has 1 N–H and O–H groups in total.